The Morgan fingerprint density at radius 1 is 0.938 bits per heavy atom. The number of hydrogen-bond acceptors (Lipinski definition) is 4. The fraction of sp³-hybridized carbons (Fsp3) is 0.125. The van der Waals surface area contributed by atoms with Gasteiger partial charge in [-0.3, -0.25) is 9.59 Å². The molecule has 164 valence electrons. The van der Waals surface area contributed by atoms with Gasteiger partial charge in [-0.2, -0.15) is 0 Å². The van der Waals surface area contributed by atoms with E-state index in [-0.39, 0.29) is 22.3 Å². The van der Waals surface area contributed by atoms with E-state index in [9.17, 15) is 19.5 Å². The van der Waals surface area contributed by atoms with Crippen LogP contribution in [0.3, 0.4) is 0 Å². The molecule has 0 saturated heterocycles. The lowest BCUT2D eigenvalue weighted by Gasteiger charge is -2.16. The predicted octanol–water partition coefficient (Wildman–Crippen LogP) is 5.91. The van der Waals surface area contributed by atoms with Gasteiger partial charge < -0.3 is 15.7 Å². The maximum atomic E-state index is 12.8. The Labute approximate surface area is 198 Å². The van der Waals surface area contributed by atoms with Crippen LogP contribution in [0.5, 0.6) is 0 Å². The van der Waals surface area contributed by atoms with Gasteiger partial charge in [-0.1, -0.05) is 37.3 Å². The molecule has 0 radical (unpaired) electrons. The molecule has 0 aromatic heterocycles. The number of amides is 2. The van der Waals surface area contributed by atoms with E-state index in [4.69, 9.17) is 0 Å². The number of rotatable bonds is 8. The number of aromatic carboxylic acids is 1. The zero-order valence-corrected chi connectivity index (χ0v) is 19.6. The molecule has 6 nitrogen and oxygen atoms in total. The van der Waals surface area contributed by atoms with Crippen LogP contribution in [0.2, 0.25) is 0 Å². The van der Waals surface area contributed by atoms with Crippen molar-refractivity contribution in [3.8, 4) is 0 Å². The highest BCUT2D eigenvalue weighted by molar-refractivity contribution is 9.10. The van der Waals surface area contributed by atoms with Crippen molar-refractivity contribution in [2.75, 3.05) is 10.6 Å². The van der Waals surface area contributed by atoms with E-state index in [1.807, 2.05) is 37.3 Å². The first kappa shape index (κ1) is 23.6. The van der Waals surface area contributed by atoms with E-state index in [1.54, 1.807) is 30.3 Å². The lowest BCUT2D eigenvalue weighted by atomic mass is 10.1. The molecule has 2 amide bonds. The lowest BCUT2D eigenvalue weighted by Crippen LogP contribution is -2.24. The molecule has 3 aromatic carbocycles. The van der Waals surface area contributed by atoms with Crippen LogP contribution < -0.4 is 10.6 Å². The van der Waals surface area contributed by atoms with Crippen molar-refractivity contribution in [1.29, 1.82) is 0 Å². The largest absolute Gasteiger partial charge is 0.478 e. The third-order valence-electron chi connectivity index (χ3n) is 4.57. The summed E-state index contributed by atoms with van der Waals surface area (Å²) >= 11 is 4.82. The van der Waals surface area contributed by atoms with Gasteiger partial charge in [-0.05, 0) is 64.8 Å². The molecule has 0 fully saturated rings. The van der Waals surface area contributed by atoms with Gasteiger partial charge in [-0.15, -0.1) is 11.8 Å². The minimum atomic E-state index is -1.16. The third kappa shape index (κ3) is 5.99. The van der Waals surface area contributed by atoms with E-state index in [0.717, 1.165) is 9.37 Å². The fourth-order valence-corrected chi connectivity index (χ4v) is 4.37. The predicted molar refractivity (Wildman–Crippen MR) is 131 cm³/mol. The topological polar surface area (TPSA) is 95.5 Å². The number of halogens is 1. The van der Waals surface area contributed by atoms with Crippen molar-refractivity contribution in [3.05, 3.63) is 88.4 Å². The number of carbonyl (C=O) groups excluding carboxylic acids is 2. The van der Waals surface area contributed by atoms with E-state index in [0.29, 0.717) is 17.8 Å². The molecule has 0 bridgehead atoms. The Morgan fingerprint density at radius 3 is 2.31 bits per heavy atom. The summed E-state index contributed by atoms with van der Waals surface area (Å²) in [5, 5.41) is 14.6. The zero-order valence-electron chi connectivity index (χ0n) is 17.2. The van der Waals surface area contributed by atoms with Gasteiger partial charge >= 0.3 is 5.97 Å². The molecule has 0 spiro atoms. The summed E-state index contributed by atoms with van der Waals surface area (Å²) in [7, 11) is 0. The molecule has 3 aromatic rings. The zero-order chi connectivity index (χ0) is 23.1. The molecule has 0 saturated carbocycles. The van der Waals surface area contributed by atoms with Crippen molar-refractivity contribution in [1.82, 2.24) is 0 Å². The fourth-order valence-electron chi connectivity index (χ4n) is 2.98. The first-order valence-electron chi connectivity index (χ1n) is 9.84. The summed E-state index contributed by atoms with van der Waals surface area (Å²) in [6.07, 6.45) is 0.615. The Hall–Kier alpha value is -3.10. The first-order valence-corrected chi connectivity index (χ1v) is 11.5. The average molecular weight is 513 g/mol. The van der Waals surface area contributed by atoms with Crippen LogP contribution in [0.15, 0.2) is 82.2 Å². The van der Waals surface area contributed by atoms with Crippen LogP contribution in [0.4, 0.5) is 11.4 Å². The van der Waals surface area contributed by atoms with Crippen molar-refractivity contribution in [2.45, 2.75) is 23.5 Å². The minimum absolute atomic E-state index is 0.0645. The molecule has 0 heterocycles. The first-order chi connectivity index (χ1) is 15.4. The van der Waals surface area contributed by atoms with Crippen molar-refractivity contribution >= 4 is 56.9 Å². The van der Waals surface area contributed by atoms with Crippen LogP contribution in [-0.2, 0) is 4.79 Å². The van der Waals surface area contributed by atoms with Gasteiger partial charge in [0.1, 0.15) is 0 Å². The van der Waals surface area contributed by atoms with Crippen molar-refractivity contribution in [3.63, 3.8) is 0 Å². The Morgan fingerprint density at radius 2 is 1.62 bits per heavy atom. The van der Waals surface area contributed by atoms with Crippen LogP contribution in [0.1, 0.15) is 34.1 Å². The Balaban J connectivity index is 1.71. The molecule has 0 aliphatic carbocycles. The van der Waals surface area contributed by atoms with Crippen LogP contribution in [-0.4, -0.2) is 28.1 Å². The van der Waals surface area contributed by atoms with E-state index in [2.05, 4.69) is 26.6 Å². The molecular formula is C24H21BrN2O4S. The number of carboxylic acid groups (broad SMARTS) is 1. The molecule has 3 rings (SSSR count). The standard InChI is InChI=1S/C24H21BrN2O4S/c1-2-21(23(29)27-20-13-6-5-12-19(20)25)32-16-9-7-8-15(14-16)26-22(28)17-10-3-4-11-18(17)24(30)31/h3-14,21H,2H2,1H3,(H,26,28)(H,27,29)(H,30,31). The molecule has 3 N–H and O–H groups in total. The summed E-state index contributed by atoms with van der Waals surface area (Å²) in [4.78, 5) is 37.6. The number of benzene rings is 3. The number of hydrogen-bond donors (Lipinski definition) is 3. The van der Waals surface area contributed by atoms with Crippen LogP contribution in [0.25, 0.3) is 0 Å². The molecule has 1 atom stereocenters. The molecule has 1 unspecified atom stereocenters. The van der Waals surface area contributed by atoms with Gasteiger partial charge in [0, 0.05) is 15.1 Å². The summed E-state index contributed by atoms with van der Waals surface area (Å²) in [6, 6.07) is 20.6. The Bertz CT molecular complexity index is 1150. The molecule has 8 heteroatoms. The third-order valence-corrected chi connectivity index (χ3v) is 6.62. The normalized spacial score (nSPS) is 11.4. The van der Waals surface area contributed by atoms with Crippen molar-refractivity contribution in [2.24, 2.45) is 0 Å². The number of anilines is 2. The minimum Gasteiger partial charge on any atom is -0.478 e. The van der Waals surface area contributed by atoms with Crippen molar-refractivity contribution < 1.29 is 19.5 Å². The summed E-state index contributed by atoms with van der Waals surface area (Å²) in [5.74, 6) is -1.79. The lowest BCUT2D eigenvalue weighted by molar-refractivity contribution is -0.115. The van der Waals surface area contributed by atoms with Gasteiger partial charge in [-0.25, -0.2) is 4.79 Å². The molecule has 0 aliphatic heterocycles. The number of carbonyl (C=O) groups is 3. The molecular weight excluding hydrogens is 492 g/mol. The van der Waals surface area contributed by atoms with E-state index >= 15 is 0 Å². The van der Waals surface area contributed by atoms with E-state index in [1.165, 1.54) is 23.9 Å². The number of thioether (sulfide) groups is 1. The van der Waals surface area contributed by atoms with Gasteiger partial charge in [0.05, 0.1) is 22.1 Å². The highest BCUT2D eigenvalue weighted by Crippen LogP contribution is 2.30. The smallest absolute Gasteiger partial charge is 0.336 e. The second-order valence-corrected chi connectivity index (χ2v) is 8.95. The second-order valence-electron chi connectivity index (χ2n) is 6.82. The van der Waals surface area contributed by atoms with Gasteiger partial charge in [0.2, 0.25) is 5.91 Å². The van der Waals surface area contributed by atoms with E-state index < -0.39 is 11.9 Å². The van der Waals surface area contributed by atoms with Gasteiger partial charge in [0.15, 0.2) is 0 Å². The molecule has 32 heavy (non-hydrogen) atoms. The molecule has 0 aliphatic rings. The quantitative estimate of drug-likeness (QED) is 0.326. The van der Waals surface area contributed by atoms with Crippen LogP contribution in [0, 0.1) is 0 Å². The average Bonchev–Trinajstić information content (AvgIpc) is 2.79. The summed E-state index contributed by atoms with van der Waals surface area (Å²) in [5.41, 5.74) is 1.23. The Kier molecular flexibility index (Phi) is 8.08. The summed E-state index contributed by atoms with van der Waals surface area (Å²) in [6.45, 7) is 1.94. The number of carboxylic acids is 1. The maximum Gasteiger partial charge on any atom is 0.336 e. The number of para-hydroxylation sites is 1. The summed E-state index contributed by atoms with van der Waals surface area (Å²) < 4.78 is 0.805. The monoisotopic (exact) mass is 512 g/mol. The van der Waals surface area contributed by atoms with Crippen LogP contribution >= 0.6 is 27.7 Å². The number of nitrogens with one attached hydrogen (secondary N) is 2. The highest BCUT2D eigenvalue weighted by Gasteiger charge is 2.20. The second kappa shape index (κ2) is 11.0. The highest BCUT2D eigenvalue weighted by atomic mass is 79.9. The maximum absolute atomic E-state index is 12.8. The SMILES string of the molecule is CCC(Sc1cccc(NC(=O)c2ccccc2C(=O)O)c1)C(=O)Nc1ccccc1Br. The van der Waals surface area contributed by atoms with Gasteiger partial charge in [0.25, 0.3) is 5.91 Å².